The van der Waals surface area contributed by atoms with Crippen LogP contribution in [0.4, 0.5) is 0 Å². The molecular weight excluding hydrogens is 190 g/mol. The number of aliphatic hydroxyl groups excluding tert-OH is 1. The van der Waals surface area contributed by atoms with E-state index in [0.29, 0.717) is 13.0 Å². The van der Waals surface area contributed by atoms with E-state index < -0.39 is 6.10 Å². The molecule has 2 rings (SSSR count). The summed E-state index contributed by atoms with van der Waals surface area (Å²) in [6.07, 6.45) is 1.09. The van der Waals surface area contributed by atoms with Gasteiger partial charge in [-0.25, -0.2) is 0 Å². The van der Waals surface area contributed by atoms with Crippen LogP contribution in [0.1, 0.15) is 23.7 Å². The molecule has 1 aromatic carbocycles. The van der Waals surface area contributed by atoms with Gasteiger partial charge in [0.05, 0.1) is 18.8 Å². The third-order valence-corrected chi connectivity index (χ3v) is 2.85. The fourth-order valence-electron chi connectivity index (χ4n) is 2.02. The molecular formula is C12H17NO2. The molecule has 0 aliphatic carbocycles. The molecule has 0 saturated heterocycles. The Hall–Kier alpha value is -0.900. The van der Waals surface area contributed by atoms with E-state index in [0.717, 1.165) is 13.0 Å². The zero-order valence-electron chi connectivity index (χ0n) is 8.73. The molecule has 1 heterocycles. The minimum Gasteiger partial charge on any atom is -0.392 e. The van der Waals surface area contributed by atoms with E-state index >= 15 is 0 Å². The first-order valence-corrected chi connectivity index (χ1v) is 5.39. The quantitative estimate of drug-likeness (QED) is 0.777. The summed E-state index contributed by atoms with van der Waals surface area (Å²) in [6.45, 7) is 1.03. The van der Waals surface area contributed by atoms with Crippen molar-refractivity contribution in [1.29, 1.82) is 0 Å². The van der Waals surface area contributed by atoms with Crippen molar-refractivity contribution in [3.05, 3.63) is 35.4 Å². The van der Waals surface area contributed by atoms with Crippen LogP contribution >= 0.6 is 0 Å². The third-order valence-electron chi connectivity index (χ3n) is 2.85. The number of nitrogens with two attached hydrogens (primary N) is 1. The van der Waals surface area contributed by atoms with Gasteiger partial charge in [-0.15, -0.1) is 0 Å². The van der Waals surface area contributed by atoms with Crippen molar-refractivity contribution in [2.75, 3.05) is 13.2 Å². The van der Waals surface area contributed by atoms with E-state index in [1.165, 1.54) is 11.1 Å². The molecule has 2 unspecified atom stereocenters. The summed E-state index contributed by atoms with van der Waals surface area (Å²) >= 11 is 0. The first-order valence-electron chi connectivity index (χ1n) is 5.39. The second-order valence-electron chi connectivity index (χ2n) is 3.93. The Morgan fingerprint density at radius 1 is 1.47 bits per heavy atom. The van der Waals surface area contributed by atoms with E-state index in [-0.39, 0.29) is 6.10 Å². The highest BCUT2D eigenvalue weighted by Crippen LogP contribution is 2.30. The monoisotopic (exact) mass is 207 g/mol. The van der Waals surface area contributed by atoms with Crippen molar-refractivity contribution in [3.63, 3.8) is 0 Å². The van der Waals surface area contributed by atoms with Crippen LogP contribution in [0.25, 0.3) is 0 Å². The van der Waals surface area contributed by atoms with Crippen LogP contribution in [-0.4, -0.2) is 24.4 Å². The van der Waals surface area contributed by atoms with Gasteiger partial charge in [0, 0.05) is 13.0 Å². The van der Waals surface area contributed by atoms with Crippen LogP contribution in [0.3, 0.4) is 0 Å². The molecule has 1 aliphatic heterocycles. The summed E-state index contributed by atoms with van der Waals surface area (Å²) in [5, 5.41) is 9.53. The SMILES string of the molecule is NCC(O)CC1OCCc2ccccc21. The molecule has 3 N–H and O–H groups in total. The molecule has 0 aromatic heterocycles. The summed E-state index contributed by atoms with van der Waals surface area (Å²) in [6, 6.07) is 8.25. The number of hydrogen-bond acceptors (Lipinski definition) is 3. The lowest BCUT2D eigenvalue weighted by Gasteiger charge is -2.27. The second kappa shape index (κ2) is 4.75. The van der Waals surface area contributed by atoms with Crippen LogP contribution in [0.2, 0.25) is 0 Å². The standard InChI is InChI=1S/C12H17NO2/c13-8-10(14)7-12-11-4-2-1-3-9(11)5-6-15-12/h1-4,10,12,14H,5-8,13H2. The van der Waals surface area contributed by atoms with Crippen LogP contribution in [-0.2, 0) is 11.2 Å². The smallest absolute Gasteiger partial charge is 0.0852 e. The maximum atomic E-state index is 9.53. The third kappa shape index (κ3) is 2.37. The Bertz CT molecular complexity index is 327. The minimum atomic E-state index is -0.471. The molecule has 0 spiro atoms. The average Bonchev–Trinajstić information content (AvgIpc) is 2.29. The minimum absolute atomic E-state index is 0.00787. The summed E-state index contributed by atoms with van der Waals surface area (Å²) < 4.78 is 5.66. The lowest BCUT2D eigenvalue weighted by molar-refractivity contribution is 0.00643. The molecule has 0 bridgehead atoms. The topological polar surface area (TPSA) is 55.5 Å². The maximum Gasteiger partial charge on any atom is 0.0852 e. The molecule has 1 aliphatic rings. The van der Waals surface area contributed by atoms with Gasteiger partial charge < -0.3 is 15.6 Å². The lowest BCUT2D eigenvalue weighted by Crippen LogP contribution is -2.26. The molecule has 0 saturated carbocycles. The summed E-state index contributed by atoms with van der Waals surface area (Å²) in [5.74, 6) is 0. The molecule has 15 heavy (non-hydrogen) atoms. The highest BCUT2D eigenvalue weighted by molar-refractivity contribution is 5.30. The van der Waals surface area contributed by atoms with Crippen molar-refractivity contribution >= 4 is 0 Å². The molecule has 0 radical (unpaired) electrons. The molecule has 3 heteroatoms. The van der Waals surface area contributed by atoms with Crippen molar-refractivity contribution in [2.24, 2.45) is 5.73 Å². The van der Waals surface area contributed by atoms with Crippen LogP contribution in [0.5, 0.6) is 0 Å². The van der Waals surface area contributed by atoms with E-state index in [2.05, 4.69) is 12.1 Å². The largest absolute Gasteiger partial charge is 0.392 e. The highest BCUT2D eigenvalue weighted by Gasteiger charge is 2.22. The Morgan fingerprint density at radius 2 is 2.27 bits per heavy atom. The average molecular weight is 207 g/mol. The normalized spacial score (nSPS) is 22.1. The van der Waals surface area contributed by atoms with E-state index in [9.17, 15) is 5.11 Å². The van der Waals surface area contributed by atoms with Crippen LogP contribution in [0.15, 0.2) is 24.3 Å². The lowest BCUT2D eigenvalue weighted by atomic mass is 9.94. The van der Waals surface area contributed by atoms with Crippen molar-refractivity contribution in [2.45, 2.75) is 25.0 Å². The summed E-state index contributed by atoms with van der Waals surface area (Å²) in [5.41, 5.74) is 7.94. The Labute approximate surface area is 89.9 Å². The number of hydrogen-bond donors (Lipinski definition) is 2. The first kappa shape index (κ1) is 10.6. The first-order chi connectivity index (χ1) is 7.31. The number of benzene rings is 1. The van der Waals surface area contributed by atoms with Gasteiger partial charge in [0.2, 0.25) is 0 Å². The van der Waals surface area contributed by atoms with Crippen molar-refractivity contribution < 1.29 is 9.84 Å². The van der Waals surface area contributed by atoms with Gasteiger partial charge in [-0.1, -0.05) is 24.3 Å². The number of rotatable bonds is 3. The second-order valence-corrected chi connectivity index (χ2v) is 3.93. The van der Waals surface area contributed by atoms with Gasteiger partial charge >= 0.3 is 0 Å². The van der Waals surface area contributed by atoms with Gasteiger partial charge in [-0.2, -0.15) is 0 Å². The molecule has 3 nitrogen and oxygen atoms in total. The Balaban J connectivity index is 2.15. The Kier molecular flexibility index (Phi) is 3.36. The maximum absolute atomic E-state index is 9.53. The summed E-state index contributed by atoms with van der Waals surface area (Å²) in [7, 11) is 0. The van der Waals surface area contributed by atoms with Gasteiger partial charge in [0.25, 0.3) is 0 Å². The van der Waals surface area contributed by atoms with Gasteiger partial charge in [-0.3, -0.25) is 0 Å². The predicted molar refractivity (Wildman–Crippen MR) is 58.5 cm³/mol. The van der Waals surface area contributed by atoms with Crippen LogP contribution in [0, 0.1) is 0 Å². The summed E-state index contributed by atoms with van der Waals surface area (Å²) in [4.78, 5) is 0. The highest BCUT2D eigenvalue weighted by atomic mass is 16.5. The molecule has 0 fully saturated rings. The van der Waals surface area contributed by atoms with Crippen molar-refractivity contribution in [1.82, 2.24) is 0 Å². The molecule has 2 atom stereocenters. The van der Waals surface area contributed by atoms with E-state index in [1.54, 1.807) is 0 Å². The molecule has 0 amide bonds. The van der Waals surface area contributed by atoms with Gasteiger partial charge in [0.1, 0.15) is 0 Å². The van der Waals surface area contributed by atoms with Gasteiger partial charge in [-0.05, 0) is 17.5 Å². The number of aliphatic hydroxyl groups is 1. The van der Waals surface area contributed by atoms with E-state index in [1.807, 2.05) is 12.1 Å². The zero-order valence-corrected chi connectivity index (χ0v) is 8.73. The van der Waals surface area contributed by atoms with Crippen molar-refractivity contribution in [3.8, 4) is 0 Å². The fraction of sp³-hybridized carbons (Fsp3) is 0.500. The van der Waals surface area contributed by atoms with E-state index in [4.69, 9.17) is 10.5 Å². The molecule has 82 valence electrons. The number of ether oxygens (including phenoxy) is 1. The Morgan fingerprint density at radius 3 is 3.07 bits per heavy atom. The number of fused-ring (bicyclic) bond motifs is 1. The van der Waals surface area contributed by atoms with Crippen LogP contribution < -0.4 is 5.73 Å². The molecule has 1 aromatic rings. The fourth-order valence-corrected chi connectivity index (χ4v) is 2.02. The van der Waals surface area contributed by atoms with Gasteiger partial charge in [0.15, 0.2) is 0 Å². The predicted octanol–water partition coefficient (Wildman–Crippen LogP) is 1.01. The zero-order chi connectivity index (χ0) is 10.7.